The number of hydrogen-bond acceptors (Lipinski definition) is 5. The maximum absolute atomic E-state index is 13.3. The third-order valence-corrected chi connectivity index (χ3v) is 5.56. The summed E-state index contributed by atoms with van der Waals surface area (Å²) in [5.74, 6) is -0.640. The van der Waals surface area contributed by atoms with Gasteiger partial charge in [0.1, 0.15) is 11.9 Å². The number of aromatic nitrogens is 1. The molecule has 2 aromatic rings. The van der Waals surface area contributed by atoms with E-state index in [1.807, 2.05) is 17.0 Å². The lowest BCUT2D eigenvalue weighted by atomic mass is 9.94. The van der Waals surface area contributed by atoms with E-state index in [2.05, 4.69) is 21.2 Å². The smallest absolute Gasteiger partial charge is 0.241 e. The van der Waals surface area contributed by atoms with Crippen molar-refractivity contribution in [2.75, 3.05) is 18.4 Å². The van der Waals surface area contributed by atoms with E-state index in [1.165, 1.54) is 12.1 Å². The van der Waals surface area contributed by atoms with Crippen molar-refractivity contribution >= 4 is 17.5 Å². The Morgan fingerprint density at radius 3 is 2.69 bits per heavy atom. The number of rotatable bonds is 4. The molecule has 0 spiro atoms. The maximum atomic E-state index is 13.3. The normalized spacial score (nSPS) is 22.4. The van der Waals surface area contributed by atoms with Crippen LogP contribution in [0.1, 0.15) is 30.9 Å². The van der Waals surface area contributed by atoms with Crippen molar-refractivity contribution in [3.05, 3.63) is 60.2 Å². The van der Waals surface area contributed by atoms with Crippen molar-refractivity contribution in [2.24, 2.45) is 5.92 Å². The van der Waals surface area contributed by atoms with E-state index in [-0.39, 0.29) is 35.6 Å². The van der Waals surface area contributed by atoms with Crippen LogP contribution in [-0.4, -0.2) is 40.8 Å². The van der Waals surface area contributed by atoms with Gasteiger partial charge in [-0.05, 0) is 49.1 Å². The summed E-state index contributed by atoms with van der Waals surface area (Å²) >= 11 is 0. The SMILES string of the molecule is O=C(Nc1cccc(F)c1)C1CCN(C(=O)C2CC(c3cccnc3)NN2)CC1. The molecule has 2 fully saturated rings. The Balaban J connectivity index is 1.27. The molecule has 0 bridgehead atoms. The molecule has 2 amide bonds. The van der Waals surface area contributed by atoms with Crippen molar-refractivity contribution in [2.45, 2.75) is 31.3 Å². The van der Waals surface area contributed by atoms with E-state index in [0.29, 0.717) is 38.0 Å². The Kier molecular flexibility index (Phi) is 5.82. The van der Waals surface area contributed by atoms with Gasteiger partial charge in [-0.15, -0.1) is 0 Å². The molecule has 2 aliphatic rings. The average molecular weight is 397 g/mol. The highest BCUT2D eigenvalue weighted by Crippen LogP contribution is 2.25. The van der Waals surface area contributed by atoms with Crippen LogP contribution in [0, 0.1) is 11.7 Å². The van der Waals surface area contributed by atoms with Crippen LogP contribution in [0.15, 0.2) is 48.8 Å². The van der Waals surface area contributed by atoms with Crippen molar-refractivity contribution in [3.63, 3.8) is 0 Å². The van der Waals surface area contributed by atoms with Gasteiger partial charge >= 0.3 is 0 Å². The number of likely N-dealkylation sites (tertiary alicyclic amines) is 1. The quantitative estimate of drug-likeness (QED) is 0.735. The van der Waals surface area contributed by atoms with Crippen LogP contribution in [0.5, 0.6) is 0 Å². The second-order valence-electron chi connectivity index (χ2n) is 7.52. The van der Waals surface area contributed by atoms with E-state index in [1.54, 1.807) is 24.5 Å². The molecule has 2 aliphatic heterocycles. The second-order valence-corrected chi connectivity index (χ2v) is 7.52. The summed E-state index contributed by atoms with van der Waals surface area (Å²) in [6.07, 6.45) is 5.38. The van der Waals surface area contributed by atoms with Gasteiger partial charge in [-0.25, -0.2) is 15.2 Å². The molecule has 4 rings (SSSR count). The monoisotopic (exact) mass is 397 g/mol. The first-order valence-electron chi connectivity index (χ1n) is 9.86. The molecule has 8 heteroatoms. The number of hydrogen-bond donors (Lipinski definition) is 3. The molecule has 1 aromatic heterocycles. The van der Waals surface area contributed by atoms with E-state index >= 15 is 0 Å². The highest BCUT2D eigenvalue weighted by molar-refractivity contribution is 5.92. The highest BCUT2D eigenvalue weighted by Gasteiger charge is 2.35. The molecule has 29 heavy (non-hydrogen) atoms. The highest BCUT2D eigenvalue weighted by atomic mass is 19.1. The van der Waals surface area contributed by atoms with Crippen molar-refractivity contribution < 1.29 is 14.0 Å². The van der Waals surface area contributed by atoms with Gasteiger partial charge in [0.15, 0.2) is 0 Å². The van der Waals surface area contributed by atoms with Gasteiger partial charge in [-0.1, -0.05) is 12.1 Å². The van der Waals surface area contributed by atoms with Gasteiger partial charge in [0.2, 0.25) is 11.8 Å². The topological polar surface area (TPSA) is 86.4 Å². The van der Waals surface area contributed by atoms with Crippen molar-refractivity contribution in [1.82, 2.24) is 20.7 Å². The van der Waals surface area contributed by atoms with Crippen LogP contribution in [0.2, 0.25) is 0 Å². The van der Waals surface area contributed by atoms with Crippen molar-refractivity contribution in [1.29, 1.82) is 0 Å². The summed E-state index contributed by atoms with van der Waals surface area (Å²) in [6, 6.07) is 9.49. The Bertz CT molecular complexity index is 870. The summed E-state index contributed by atoms with van der Waals surface area (Å²) in [5, 5.41) is 2.76. The van der Waals surface area contributed by atoms with Gasteiger partial charge in [0.25, 0.3) is 0 Å². The largest absolute Gasteiger partial charge is 0.341 e. The zero-order valence-electron chi connectivity index (χ0n) is 16.0. The second kappa shape index (κ2) is 8.67. The Morgan fingerprint density at radius 1 is 1.14 bits per heavy atom. The van der Waals surface area contributed by atoms with E-state index in [9.17, 15) is 14.0 Å². The molecule has 152 valence electrons. The Morgan fingerprint density at radius 2 is 1.97 bits per heavy atom. The number of nitrogens with zero attached hydrogens (tertiary/aromatic N) is 2. The number of hydrazine groups is 1. The summed E-state index contributed by atoms with van der Waals surface area (Å²) in [6.45, 7) is 1.08. The molecule has 1 aromatic carbocycles. The molecular weight excluding hydrogens is 373 g/mol. The fourth-order valence-corrected chi connectivity index (χ4v) is 3.91. The average Bonchev–Trinajstić information content (AvgIpc) is 3.24. The molecule has 3 heterocycles. The third kappa shape index (κ3) is 4.60. The lowest BCUT2D eigenvalue weighted by Crippen LogP contribution is -2.49. The standard InChI is InChI=1S/C21H24FN5O2/c22-16-4-1-5-17(11-16)24-20(28)14-6-9-27(10-7-14)21(29)19-12-18(25-26-19)15-3-2-8-23-13-15/h1-5,8,11,13-14,18-19,25-26H,6-7,9-10,12H2,(H,24,28). The first-order chi connectivity index (χ1) is 14.1. The molecule has 0 saturated carbocycles. The summed E-state index contributed by atoms with van der Waals surface area (Å²) < 4.78 is 13.3. The molecule has 2 saturated heterocycles. The van der Waals surface area contributed by atoms with Crippen LogP contribution < -0.4 is 16.2 Å². The number of carbonyl (C=O) groups excluding carboxylic acids is 2. The van der Waals surface area contributed by atoms with Crippen LogP contribution in [-0.2, 0) is 9.59 Å². The van der Waals surface area contributed by atoms with Crippen molar-refractivity contribution in [3.8, 4) is 0 Å². The molecule has 2 unspecified atom stereocenters. The number of halogens is 1. The molecule has 7 nitrogen and oxygen atoms in total. The molecule has 0 aliphatic carbocycles. The van der Waals surface area contributed by atoms with E-state index in [0.717, 1.165) is 5.56 Å². The number of piperidine rings is 1. The Hall–Kier alpha value is -2.84. The van der Waals surface area contributed by atoms with Gasteiger partial charge < -0.3 is 10.2 Å². The number of benzene rings is 1. The van der Waals surface area contributed by atoms with Crippen LogP contribution in [0.4, 0.5) is 10.1 Å². The Labute approximate surface area is 168 Å². The fourth-order valence-electron chi connectivity index (χ4n) is 3.91. The number of anilines is 1. The predicted octanol–water partition coefficient (Wildman–Crippen LogP) is 2.01. The minimum atomic E-state index is -0.384. The fraction of sp³-hybridized carbons (Fsp3) is 0.381. The van der Waals surface area contributed by atoms with Gasteiger partial charge in [-0.3, -0.25) is 14.6 Å². The lowest BCUT2D eigenvalue weighted by molar-refractivity contribution is -0.136. The summed E-state index contributed by atoms with van der Waals surface area (Å²) in [4.78, 5) is 31.2. The molecule has 3 N–H and O–H groups in total. The minimum absolute atomic E-state index is 0.0484. The van der Waals surface area contributed by atoms with E-state index in [4.69, 9.17) is 0 Å². The lowest BCUT2D eigenvalue weighted by Gasteiger charge is -2.32. The van der Waals surface area contributed by atoms with Crippen LogP contribution in [0.25, 0.3) is 0 Å². The molecule has 0 radical (unpaired) electrons. The summed E-state index contributed by atoms with van der Waals surface area (Å²) in [7, 11) is 0. The number of pyridine rings is 1. The maximum Gasteiger partial charge on any atom is 0.241 e. The predicted molar refractivity (Wildman–Crippen MR) is 106 cm³/mol. The van der Waals surface area contributed by atoms with Gasteiger partial charge in [-0.2, -0.15) is 0 Å². The number of carbonyl (C=O) groups is 2. The van der Waals surface area contributed by atoms with Crippen LogP contribution in [0.3, 0.4) is 0 Å². The number of nitrogens with one attached hydrogen (secondary N) is 3. The molecule has 2 atom stereocenters. The van der Waals surface area contributed by atoms with Gasteiger partial charge in [0, 0.05) is 43.1 Å². The van der Waals surface area contributed by atoms with Gasteiger partial charge in [0.05, 0.1) is 0 Å². The van der Waals surface area contributed by atoms with Crippen LogP contribution >= 0.6 is 0 Å². The van der Waals surface area contributed by atoms with E-state index < -0.39 is 0 Å². The first kappa shape index (κ1) is 19.5. The minimum Gasteiger partial charge on any atom is -0.341 e. The number of amides is 2. The zero-order chi connectivity index (χ0) is 20.2. The zero-order valence-corrected chi connectivity index (χ0v) is 16.0. The summed E-state index contributed by atoms with van der Waals surface area (Å²) in [5.41, 5.74) is 7.76. The third-order valence-electron chi connectivity index (χ3n) is 5.56. The first-order valence-corrected chi connectivity index (χ1v) is 9.86. The molecular formula is C21H24FN5O2.